The van der Waals surface area contributed by atoms with E-state index < -0.39 is 17.5 Å². The van der Waals surface area contributed by atoms with Crippen LogP contribution in [0.3, 0.4) is 0 Å². The van der Waals surface area contributed by atoms with Gasteiger partial charge in [0.1, 0.15) is 11.3 Å². The molecule has 148 valence electrons. The second-order valence-electron chi connectivity index (χ2n) is 7.17. The molecule has 2 atom stereocenters. The van der Waals surface area contributed by atoms with E-state index in [9.17, 15) is 18.3 Å². The lowest BCUT2D eigenvalue weighted by Crippen LogP contribution is -2.28. The Balaban J connectivity index is 1.74. The van der Waals surface area contributed by atoms with E-state index in [0.29, 0.717) is 36.4 Å². The normalized spacial score (nSPS) is 20.6. The summed E-state index contributed by atoms with van der Waals surface area (Å²) in [7, 11) is 0. The summed E-state index contributed by atoms with van der Waals surface area (Å²) in [5.41, 5.74) is 0.829. The van der Waals surface area contributed by atoms with Crippen LogP contribution in [-0.4, -0.2) is 38.1 Å². The summed E-state index contributed by atoms with van der Waals surface area (Å²) in [4.78, 5) is 8.77. The van der Waals surface area contributed by atoms with Crippen molar-refractivity contribution in [1.29, 1.82) is 0 Å². The molecular weight excluding hydrogens is 373 g/mol. The number of aryl methyl sites for hydroxylation is 1. The molecule has 1 fully saturated rings. The van der Waals surface area contributed by atoms with Crippen LogP contribution in [0, 0.1) is 12.8 Å². The lowest BCUT2D eigenvalue weighted by Gasteiger charge is -2.28. The number of aromatic nitrogens is 4. The van der Waals surface area contributed by atoms with E-state index >= 15 is 0 Å². The second-order valence-corrected chi connectivity index (χ2v) is 7.17. The number of phenolic OH excluding ortho intramolecular Hbond substituents is 1. The summed E-state index contributed by atoms with van der Waals surface area (Å²) in [5.74, 6) is -0.192. The molecule has 6 nitrogen and oxygen atoms in total. The van der Waals surface area contributed by atoms with Gasteiger partial charge in [-0.3, -0.25) is 4.68 Å². The first kappa shape index (κ1) is 18.7. The van der Waals surface area contributed by atoms with Crippen molar-refractivity contribution in [2.45, 2.75) is 32.5 Å². The summed E-state index contributed by atoms with van der Waals surface area (Å²) in [6, 6.07) is 1.87. The number of benzene rings is 1. The summed E-state index contributed by atoms with van der Waals surface area (Å²) in [6.45, 7) is 4.91. The van der Waals surface area contributed by atoms with Gasteiger partial charge in [0.2, 0.25) is 0 Å². The zero-order valence-corrected chi connectivity index (χ0v) is 15.4. The van der Waals surface area contributed by atoms with Crippen LogP contribution in [0.4, 0.5) is 13.2 Å². The third-order valence-corrected chi connectivity index (χ3v) is 5.08. The van der Waals surface area contributed by atoms with Crippen molar-refractivity contribution in [3.05, 3.63) is 35.7 Å². The Kier molecular flexibility index (Phi) is 4.49. The Morgan fingerprint density at radius 2 is 2.07 bits per heavy atom. The van der Waals surface area contributed by atoms with Gasteiger partial charge in [0.05, 0.1) is 36.3 Å². The number of nitrogens with zero attached hydrogens (tertiary/aromatic N) is 4. The molecule has 0 bridgehead atoms. The average molecular weight is 392 g/mol. The zero-order valence-electron chi connectivity index (χ0n) is 15.4. The number of phenols is 1. The topological polar surface area (TPSA) is 73.1 Å². The minimum absolute atomic E-state index is 0.175. The highest BCUT2D eigenvalue weighted by molar-refractivity contribution is 5.77. The van der Waals surface area contributed by atoms with Crippen molar-refractivity contribution in [2.24, 2.45) is 5.92 Å². The van der Waals surface area contributed by atoms with Crippen molar-refractivity contribution in [2.75, 3.05) is 13.2 Å². The van der Waals surface area contributed by atoms with Crippen LogP contribution in [0.2, 0.25) is 0 Å². The van der Waals surface area contributed by atoms with Gasteiger partial charge in [-0.25, -0.2) is 9.97 Å². The predicted molar refractivity (Wildman–Crippen MR) is 95.8 cm³/mol. The van der Waals surface area contributed by atoms with Gasteiger partial charge in [0.25, 0.3) is 0 Å². The molecule has 0 radical (unpaired) electrons. The summed E-state index contributed by atoms with van der Waals surface area (Å²) in [5, 5.41) is 14.7. The minimum atomic E-state index is -4.53. The van der Waals surface area contributed by atoms with Crippen molar-refractivity contribution in [3.8, 4) is 17.0 Å². The van der Waals surface area contributed by atoms with E-state index in [2.05, 4.69) is 22.0 Å². The number of aromatic hydroxyl groups is 1. The third kappa shape index (κ3) is 3.30. The zero-order chi connectivity index (χ0) is 20.1. The molecular formula is C19H19F3N4O2. The molecule has 1 saturated heterocycles. The molecule has 0 saturated carbocycles. The molecule has 0 spiro atoms. The number of alkyl halides is 3. The molecule has 1 N–H and O–H groups in total. The number of ether oxygens (including phenoxy) is 1. The van der Waals surface area contributed by atoms with Gasteiger partial charge < -0.3 is 9.84 Å². The van der Waals surface area contributed by atoms with Gasteiger partial charge in [-0.15, -0.1) is 0 Å². The summed E-state index contributed by atoms with van der Waals surface area (Å²) in [6.07, 6.45) is -0.439. The molecule has 1 aromatic carbocycles. The van der Waals surface area contributed by atoms with Gasteiger partial charge in [0, 0.05) is 18.1 Å². The van der Waals surface area contributed by atoms with Crippen molar-refractivity contribution < 1.29 is 23.0 Å². The Morgan fingerprint density at radius 1 is 1.29 bits per heavy atom. The first-order valence-electron chi connectivity index (χ1n) is 8.95. The van der Waals surface area contributed by atoms with Gasteiger partial charge in [-0.05, 0) is 31.0 Å². The molecule has 3 aromatic rings. The van der Waals surface area contributed by atoms with Gasteiger partial charge in [-0.1, -0.05) is 6.92 Å². The standard InChI is InChI=1S/C19H19F3N4O2/c1-10-5-12(19(20,21)22)6-16(27)17(10)13-7-23-14-8-26(25-18(14)24-13)15-3-4-28-9-11(15)2/h5-8,11,15,27H,3-4,9H2,1-2H3/t11-,15+/m0/s1. The maximum atomic E-state index is 12.9. The van der Waals surface area contributed by atoms with E-state index in [4.69, 9.17) is 4.74 Å². The molecule has 1 aliphatic rings. The highest BCUT2D eigenvalue weighted by atomic mass is 19.4. The maximum absolute atomic E-state index is 12.9. The smallest absolute Gasteiger partial charge is 0.416 e. The third-order valence-electron chi connectivity index (χ3n) is 5.08. The first-order chi connectivity index (χ1) is 13.2. The van der Waals surface area contributed by atoms with Crippen LogP contribution in [-0.2, 0) is 10.9 Å². The van der Waals surface area contributed by atoms with Gasteiger partial charge in [0.15, 0.2) is 5.65 Å². The van der Waals surface area contributed by atoms with Crippen molar-refractivity contribution in [3.63, 3.8) is 0 Å². The summed E-state index contributed by atoms with van der Waals surface area (Å²) >= 11 is 0. The summed E-state index contributed by atoms with van der Waals surface area (Å²) < 4.78 is 46.1. The number of hydrogen-bond acceptors (Lipinski definition) is 5. The quantitative estimate of drug-likeness (QED) is 0.710. The minimum Gasteiger partial charge on any atom is -0.507 e. The molecule has 0 aliphatic carbocycles. The Morgan fingerprint density at radius 3 is 2.75 bits per heavy atom. The molecule has 0 unspecified atom stereocenters. The Bertz CT molecular complexity index is 1010. The largest absolute Gasteiger partial charge is 0.507 e. The molecule has 0 amide bonds. The second kappa shape index (κ2) is 6.73. The monoisotopic (exact) mass is 392 g/mol. The van der Waals surface area contributed by atoms with Crippen molar-refractivity contribution >= 4 is 11.2 Å². The maximum Gasteiger partial charge on any atom is 0.416 e. The van der Waals surface area contributed by atoms with Crippen LogP contribution in [0.15, 0.2) is 24.5 Å². The van der Waals surface area contributed by atoms with E-state index in [-0.39, 0.29) is 22.9 Å². The Labute approximate surface area is 159 Å². The lowest BCUT2D eigenvalue weighted by molar-refractivity contribution is -0.137. The number of halogens is 3. The molecule has 2 aromatic heterocycles. The number of fused-ring (bicyclic) bond motifs is 1. The van der Waals surface area contributed by atoms with Crippen molar-refractivity contribution in [1.82, 2.24) is 19.7 Å². The van der Waals surface area contributed by atoms with Crippen LogP contribution >= 0.6 is 0 Å². The van der Waals surface area contributed by atoms with Gasteiger partial charge in [-0.2, -0.15) is 18.3 Å². The Hall–Kier alpha value is -2.68. The van der Waals surface area contributed by atoms with E-state index in [0.717, 1.165) is 12.5 Å². The molecule has 3 heterocycles. The SMILES string of the molecule is Cc1cc(C(F)(F)F)cc(O)c1-c1cnc2cn([C@@H]3CCOC[C@@H]3C)nc2n1. The molecule has 28 heavy (non-hydrogen) atoms. The average Bonchev–Trinajstić information content (AvgIpc) is 3.04. The fraction of sp³-hybridized carbons (Fsp3) is 0.421. The van der Waals surface area contributed by atoms with Crippen LogP contribution < -0.4 is 0 Å². The van der Waals surface area contributed by atoms with E-state index in [1.807, 2.05) is 10.9 Å². The highest BCUT2D eigenvalue weighted by Gasteiger charge is 2.32. The van der Waals surface area contributed by atoms with Gasteiger partial charge >= 0.3 is 6.18 Å². The van der Waals surface area contributed by atoms with Crippen LogP contribution in [0.5, 0.6) is 5.75 Å². The first-order valence-corrected chi connectivity index (χ1v) is 8.95. The lowest BCUT2D eigenvalue weighted by atomic mass is 9.98. The number of rotatable bonds is 2. The highest BCUT2D eigenvalue weighted by Crippen LogP contribution is 2.38. The molecule has 9 heteroatoms. The predicted octanol–water partition coefficient (Wildman–Crippen LogP) is 4.12. The molecule has 4 rings (SSSR count). The molecule has 1 aliphatic heterocycles. The fourth-order valence-electron chi connectivity index (χ4n) is 3.63. The van der Waals surface area contributed by atoms with Crippen LogP contribution in [0.1, 0.15) is 30.5 Å². The van der Waals surface area contributed by atoms with E-state index in [1.165, 1.54) is 13.1 Å². The number of hydrogen-bond donors (Lipinski definition) is 1. The van der Waals surface area contributed by atoms with E-state index in [1.54, 1.807) is 0 Å². The van der Waals surface area contributed by atoms with Crippen LogP contribution in [0.25, 0.3) is 22.4 Å². The fourth-order valence-corrected chi connectivity index (χ4v) is 3.63.